The van der Waals surface area contributed by atoms with E-state index in [0.29, 0.717) is 5.56 Å². The first-order chi connectivity index (χ1) is 13.2. The first-order valence-corrected chi connectivity index (χ1v) is 8.65. The number of carboxylic acids is 1. The van der Waals surface area contributed by atoms with Crippen molar-refractivity contribution in [1.29, 1.82) is 0 Å². The minimum absolute atomic E-state index is 0.0707. The van der Waals surface area contributed by atoms with Gasteiger partial charge in [0.1, 0.15) is 24.1 Å². The Kier molecular flexibility index (Phi) is 6.64. The van der Waals surface area contributed by atoms with Crippen LogP contribution >= 0.6 is 0 Å². The molecule has 0 aliphatic carbocycles. The van der Waals surface area contributed by atoms with Gasteiger partial charge in [-0.25, -0.2) is 9.78 Å². The molecule has 1 heterocycles. The second-order valence-corrected chi connectivity index (χ2v) is 6.56. The number of aliphatic carboxylic acids is 1. The zero-order chi connectivity index (χ0) is 20.8. The summed E-state index contributed by atoms with van der Waals surface area (Å²) in [4.78, 5) is 52.1. The van der Waals surface area contributed by atoms with E-state index in [2.05, 4.69) is 15.6 Å². The number of carbonyl (C=O) groups excluding carboxylic acids is 2. The lowest BCUT2D eigenvalue weighted by Crippen LogP contribution is -2.46. The summed E-state index contributed by atoms with van der Waals surface area (Å²) in [5.74, 6) is -2.37. The topological polar surface area (TPSA) is 130 Å². The number of carbonyl (C=O) groups is 3. The minimum atomic E-state index is -1.16. The number of benzene rings is 1. The molecule has 2 amide bonds. The Labute approximate surface area is 161 Å². The highest BCUT2D eigenvalue weighted by molar-refractivity contribution is 5.88. The molecule has 0 bridgehead atoms. The van der Waals surface area contributed by atoms with Crippen LogP contribution in [0.4, 0.5) is 5.69 Å². The largest absolute Gasteiger partial charge is 0.480 e. The Hall–Kier alpha value is -3.49. The summed E-state index contributed by atoms with van der Waals surface area (Å²) in [6.07, 6.45) is 1.23. The number of anilines is 1. The first kappa shape index (κ1) is 20.8. The lowest BCUT2D eigenvalue weighted by atomic mass is 10.0. The van der Waals surface area contributed by atoms with Crippen molar-refractivity contribution >= 4 is 23.5 Å². The van der Waals surface area contributed by atoms with E-state index in [1.54, 1.807) is 44.2 Å². The number of nitrogens with zero attached hydrogens (tertiary/aromatic N) is 2. The number of aromatic nitrogens is 2. The van der Waals surface area contributed by atoms with Crippen molar-refractivity contribution in [1.82, 2.24) is 14.9 Å². The van der Waals surface area contributed by atoms with Gasteiger partial charge in [0.2, 0.25) is 11.8 Å². The third kappa shape index (κ3) is 5.03. The second-order valence-electron chi connectivity index (χ2n) is 6.56. The SMILES string of the molecule is CC(=O)Nc1cnc(-c2ccccc2)n(CC(=O)N[C@H](C(=O)O)C(C)C)c1=O. The van der Waals surface area contributed by atoms with Crippen LogP contribution < -0.4 is 16.2 Å². The molecule has 1 atom stereocenters. The number of carboxylic acid groups (broad SMARTS) is 1. The highest BCUT2D eigenvalue weighted by Gasteiger charge is 2.24. The monoisotopic (exact) mass is 386 g/mol. The van der Waals surface area contributed by atoms with E-state index in [1.165, 1.54) is 13.1 Å². The quantitative estimate of drug-likeness (QED) is 0.653. The molecule has 148 valence electrons. The van der Waals surface area contributed by atoms with Crippen LogP contribution in [-0.2, 0) is 20.9 Å². The second kappa shape index (κ2) is 8.94. The Morgan fingerprint density at radius 2 is 1.82 bits per heavy atom. The van der Waals surface area contributed by atoms with Crippen LogP contribution in [0.3, 0.4) is 0 Å². The van der Waals surface area contributed by atoms with Crippen molar-refractivity contribution in [2.24, 2.45) is 5.92 Å². The van der Waals surface area contributed by atoms with Crippen LogP contribution in [0.5, 0.6) is 0 Å². The van der Waals surface area contributed by atoms with Gasteiger partial charge in [0, 0.05) is 12.5 Å². The van der Waals surface area contributed by atoms with Gasteiger partial charge in [-0.3, -0.25) is 19.0 Å². The molecule has 0 aliphatic rings. The fourth-order valence-corrected chi connectivity index (χ4v) is 2.61. The summed E-state index contributed by atoms with van der Waals surface area (Å²) in [7, 11) is 0. The molecule has 0 unspecified atom stereocenters. The Balaban J connectivity index is 2.44. The molecule has 0 saturated carbocycles. The van der Waals surface area contributed by atoms with Crippen LogP contribution in [0.15, 0.2) is 41.3 Å². The molecule has 1 aromatic carbocycles. The van der Waals surface area contributed by atoms with Crippen molar-refractivity contribution in [3.05, 3.63) is 46.9 Å². The van der Waals surface area contributed by atoms with E-state index in [0.717, 1.165) is 4.57 Å². The average Bonchev–Trinajstić information content (AvgIpc) is 2.63. The van der Waals surface area contributed by atoms with Gasteiger partial charge in [-0.1, -0.05) is 44.2 Å². The van der Waals surface area contributed by atoms with Crippen molar-refractivity contribution in [3.63, 3.8) is 0 Å². The van der Waals surface area contributed by atoms with E-state index >= 15 is 0 Å². The van der Waals surface area contributed by atoms with Gasteiger partial charge in [0.15, 0.2) is 0 Å². The molecule has 0 radical (unpaired) electrons. The fourth-order valence-electron chi connectivity index (χ4n) is 2.61. The highest BCUT2D eigenvalue weighted by Crippen LogP contribution is 2.16. The Bertz CT molecular complexity index is 937. The standard InChI is InChI=1S/C19H22N4O5/c1-11(2)16(19(27)28)22-15(25)10-23-17(13-7-5-4-6-8-13)20-9-14(18(23)26)21-12(3)24/h4-9,11,16H,10H2,1-3H3,(H,21,24)(H,22,25)(H,27,28)/t16-/m0/s1. The molecule has 2 rings (SSSR count). The van der Waals surface area contributed by atoms with E-state index < -0.39 is 35.9 Å². The summed E-state index contributed by atoms with van der Waals surface area (Å²) < 4.78 is 1.11. The molecular weight excluding hydrogens is 364 g/mol. The molecule has 9 heteroatoms. The molecule has 28 heavy (non-hydrogen) atoms. The van der Waals surface area contributed by atoms with E-state index in [4.69, 9.17) is 0 Å². The van der Waals surface area contributed by atoms with Crippen molar-refractivity contribution in [2.75, 3.05) is 5.32 Å². The number of rotatable bonds is 7. The fraction of sp³-hybridized carbons (Fsp3) is 0.316. The predicted octanol–water partition coefficient (Wildman–Crippen LogP) is 1.09. The summed E-state index contributed by atoms with van der Waals surface area (Å²) in [5, 5.41) is 14.0. The third-order valence-electron chi connectivity index (χ3n) is 3.94. The van der Waals surface area contributed by atoms with E-state index in [9.17, 15) is 24.3 Å². The van der Waals surface area contributed by atoms with Crippen LogP contribution in [0.2, 0.25) is 0 Å². The summed E-state index contributed by atoms with van der Waals surface area (Å²) in [6.45, 7) is 4.14. The predicted molar refractivity (Wildman–Crippen MR) is 103 cm³/mol. The van der Waals surface area contributed by atoms with E-state index in [1.807, 2.05) is 0 Å². The van der Waals surface area contributed by atoms with Gasteiger partial charge in [-0.2, -0.15) is 0 Å². The maximum absolute atomic E-state index is 12.8. The molecule has 9 nitrogen and oxygen atoms in total. The summed E-state index contributed by atoms with van der Waals surface area (Å²) in [5.41, 5.74) is -0.0883. The number of hydrogen-bond acceptors (Lipinski definition) is 5. The van der Waals surface area contributed by atoms with Crippen LogP contribution in [0.25, 0.3) is 11.4 Å². The lowest BCUT2D eigenvalue weighted by Gasteiger charge is -2.19. The molecule has 3 N–H and O–H groups in total. The zero-order valence-electron chi connectivity index (χ0n) is 15.8. The average molecular weight is 386 g/mol. The number of nitrogens with one attached hydrogen (secondary N) is 2. The van der Waals surface area contributed by atoms with E-state index in [-0.39, 0.29) is 17.4 Å². The van der Waals surface area contributed by atoms with Crippen LogP contribution in [0.1, 0.15) is 20.8 Å². The maximum atomic E-state index is 12.8. The molecule has 0 spiro atoms. The van der Waals surface area contributed by atoms with Gasteiger partial charge >= 0.3 is 5.97 Å². The lowest BCUT2D eigenvalue weighted by molar-refractivity contribution is -0.143. The van der Waals surface area contributed by atoms with Crippen molar-refractivity contribution in [2.45, 2.75) is 33.4 Å². The van der Waals surface area contributed by atoms with Crippen LogP contribution in [-0.4, -0.2) is 38.5 Å². The van der Waals surface area contributed by atoms with Crippen molar-refractivity contribution < 1.29 is 19.5 Å². The van der Waals surface area contributed by atoms with Gasteiger partial charge in [-0.15, -0.1) is 0 Å². The summed E-state index contributed by atoms with van der Waals surface area (Å²) >= 11 is 0. The molecule has 0 fully saturated rings. The summed E-state index contributed by atoms with van der Waals surface area (Å²) in [6, 6.07) is 7.67. The van der Waals surface area contributed by atoms with Gasteiger partial charge in [0.25, 0.3) is 5.56 Å². The highest BCUT2D eigenvalue weighted by atomic mass is 16.4. The Morgan fingerprint density at radius 3 is 2.36 bits per heavy atom. The third-order valence-corrected chi connectivity index (χ3v) is 3.94. The number of amides is 2. The number of hydrogen-bond donors (Lipinski definition) is 3. The molecule has 1 aromatic heterocycles. The molecule has 0 aliphatic heterocycles. The van der Waals surface area contributed by atoms with Gasteiger partial charge in [-0.05, 0) is 5.92 Å². The van der Waals surface area contributed by atoms with Gasteiger partial charge < -0.3 is 15.7 Å². The zero-order valence-corrected chi connectivity index (χ0v) is 15.8. The first-order valence-electron chi connectivity index (χ1n) is 8.65. The van der Waals surface area contributed by atoms with Crippen molar-refractivity contribution in [3.8, 4) is 11.4 Å². The smallest absolute Gasteiger partial charge is 0.326 e. The molecule has 2 aromatic rings. The minimum Gasteiger partial charge on any atom is -0.480 e. The normalized spacial score (nSPS) is 11.7. The Morgan fingerprint density at radius 1 is 1.18 bits per heavy atom. The maximum Gasteiger partial charge on any atom is 0.326 e. The molecular formula is C19H22N4O5. The van der Waals surface area contributed by atoms with Crippen LogP contribution in [0, 0.1) is 5.92 Å². The molecule has 0 saturated heterocycles. The van der Waals surface area contributed by atoms with Gasteiger partial charge in [0.05, 0.1) is 6.20 Å².